The van der Waals surface area contributed by atoms with Crippen LogP contribution < -0.4 is 20.7 Å². The van der Waals surface area contributed by atoms with Gasteiger partial charge in [0, 0.05) is 12.6 Å². The van der Waals surface area contributed by atoms with Crippen molar-refractivity contribution in [1.82, 2.24) is 9.55 Å². The molecule has 9 nitrogen and oxygen atoms in total. The lowest BCUT2D eigenvalue weighted by Gasteiger charge is -2.37. The minimum Gasteiger partial charge on any atom is -0.497 e. The predicted octanol–water partition coefficient (Wildman–Crippen LogP) is 3.82. The lowest BCUT2D eigenvalue weighted by atomic mass is 9.80. The Labute approximate surface area is 244 Å². The first-order chi connectivity index (χ1) is 19.3. The number of aromatic nitrogens is 2. The summed E-state index contributed by atoms with van der Waals surface area (Å²) in [5.74, 6) is 1.41. The Kier molecular flexibility index (Phi) is 8.40. The van der Waals surface area contributed by atoms with Crippen molar-refractivity contribution in [1.29, 1.82) is 0 Å². The molecule has 1 fully saturated rings. The number of halogens is 1. The molecule has 1 aliphatic heterocycles. The number of aromatic amines is 1. The highest BCUT2D eigenvalue weighted by molar-refractivity contribution is 14.1. The van der Waals surface area contributed by atoms with E-state index in [2.05, 4.69) is 4.98 Å². The van der Waals surface area contributed by atoms with Crippen LogP contribution in [0.1, 0.15) is 29.3 Å². The Morgan fingerprint density at radius 2 is 1.48 bits per heavy atom. The normalized spacial score (nSPS) is 18.9. The minimum atomic E-state index is -1.08. The number of nitrogens with one attached hydrogen (secondary N) is 1. The number of hydrogen-bond donors (Lipinski definition) is 2. The summed E-state index contributed by atoms with van der Waals surface area (Å²) in [7, 11) is 3.23. The van der Waals surface area contributed by atoms with E-state index in [0.29, 0.717) is 15.1 Å². The van der Waals surface area contributed by atoms with Crippen molar-refractivity contribution in [3.05, 3.63) is 126 Å². The topological polar surface area (TPSA) is 112 Å². The van der Waals surface area contributed by atoms with E-state index in [0.717, 1.165) is 16.7 Å². The maximum atomic E-state index is 12.5. The van der Waals surface area contributed by atoms with Gasteiger partial charge in [-0.1, -0.05) is 54.6 Å². The first-order valence-corrected chi connectivity index (χ1v) is 13.8. The number of aliphatic hydroxyl groups is 1. The quantitative estimate of drug-likeness (QED) is 0.208. The summed E-state index contributed by atoms with van der Waals surface area (Å²) in [6.45, 7) is 0.0137. The third kappa shape index (κ3) is 5.44. The molecule has 0 amide bonds. The lowest BCUT2D eigenvalue weighted by molar-refractivity contribution is -0.0944. The van der Waals surface area contributed by atoms with Gasteiger partial charge in [-0.3, -0.25) is 14.3 Å². The smallest absolute Gasteiger partial charge is 0.330 e. The van der Waals surface area contributed by atoms with Crippen molar-refractivity contribution < 1.29 is 24.1 Å². The molecule has 40 heavy (non-hydrogen) atoms. The van der Waals surface area contributed by atoms with Gasteiger partial charge in [0.25, 0.3) is 5.56 Å². The van der Waals surface area contributed by atoms with Gasteiger partial charge in [0.15, 0.2) is 0 Å². The fourth-order valence-electron chi connectivity index (χ4n) is 4.99. The third-order valence-electron chi connectivity index (χ3n) is 7.08. The molecule has 3 aromatic carbocycles. The van der Waals surface area contributed by atoms with Gasteiger partial charge < -0.3 is 24.1 Å². The predicted molar refractivity (Wildman–Crippen MR) is 157 cm³/mol. The Morgan fingerprint density at radius 3 is 2.02 bits per heavy atom. The van der Waals surface area contributed by atoms with E-state index in [-0.39, 0.29) is 13.0 Å². The van der Waals surface area contributed by atoms with E-state index in [1.807, 2.05) is 101 Å². The summed E-state index contributed by atoms with van der Waals surface area (Å²) in [5.41, 5.74) is 0.428. The van der Waals surface area contributed by atoms with Crippen molar-refractivity contribution in [2.75, 3.05) is 20.8 Å². The van der Waals surface area contributed by atoms with Crippen LogP contribution in [-0.2, 0) is 15.1 Å². The molecule has 1 aromatic heterocycles. The summed E-state index contributed by atoms with van der Waals surface area (Å²) >= 11 is 1.86. The van der Waals surface area contributed by atoms with Crippen molar-refractivity contribution in [3.63, 3.8) is 0 Å². The van der Waals surface area contributed by atoms with Gasteiger partial charge >= 0.3 is 5.69 Å². The molecule has 10 heteroatoms. The molecular formula is C30H29IN2O7. The van der Waals surface area contributed by atoms with Crippen molar-refractivity contribution in [3.8, 4) is 11.5 Å². The van der Waals surface area contributed by atoms with E-state index in [1.54, 1.807) is 14.2 Å². The Bertz CT molecular complexity index is 1500. The summed E-state index contributed by atoms with van der Waals surface area (Å²) in [6.07, 6.45) is -0.789. The van der Waals surface area contributed by atoms with Crippen LogP contribution >= 0.6 is 22.6 Å². The summed E-state index contributed by atoms with van der Waals surface area (Å²) in [5, 5.41) is 11.0. The number of benzene rings is 3. The second kappa shape index (κ2) is 12.0. The number of ether oxygens (including phenoxy) is 4. The number of methoxy groups -OCH3 is 2. The number of rotatable bonds is 9. The van der Waals surface area contributed by atoms with Gasteiger partial charge in [-0.25, -0.2) is 4.79 Å². The van der Waals surface area contributed by atoms with E-state index < -0.39 is 35.3 Å². The van der Waals surface area contributed by atoms with E-state index in [1.165, 1.54) is 10.8 Å². The lowest BCUT2D eigenvalue weighted by Crippen LogP contribution is -2.38. The maximum Gasteiger partial charge on any atom is 0.330 e. The average molecular weight is 656 g/mol. The second-order valence-electron chi connectivity index (χ2n) is 9.39. The summed E-state index contributed by atoms with van der Waals surface area (Å²) < 4.78 is 25.4. The first-order valence-electron chi connectivity index (χ1n) is 12.7. The molecule has 3 atom stereocenters. The van der Waals surface area contributed by atoms with Crippen LogP contribution in [0.5, 0.6) is 11.5 Å². The van der Waals surface area contributed by atoms with Gasteiger partial charge in [0.2, 0.25) is 0 Å². The van der Waals surface area contributed by atoms with Gasteiger partial charge in [-0.15, -0.1) is 0 Å². The zero-order chi connectivity index (χ0) is 28.3. The minimum absolute atomic E-state index is 0.0137. The molecule has 208 valence electrons. The molecular weight excluding hydrogens is 627 g/mol. The van der Waals surface area contributed by atoms with Crippen molar-refractivity contribution in [2.24, 2.45) is 0 Å². The number of nitrogens with zero attached hydrogens (tertiary/aromatic N) is 1. The fourth-order valence-corrected chi connectivity index (χ4v) is 5.43. The van der Waals surface area contributed by atoms with Crippen molar-refractivity contribution in [2.45, 2.75) is 30.5 Å². The van der Waals surface area contributed by atoms with Crippen LogP contribution in [0.2, 0.25) is 0 Å². The zero-order valence-corrected chi connectivity index (χ0v) is 24.1. The van der Waals surface area contributed by atoms with Crippen LogP contribution in [0.3, 0.4) is 0 Å². The molecule has 1 unspecified atom stereocenters. The molecule has 1 aliphatic rings. The molecule has 5 rings (SSSR count). The second-order valence-corrected chi connectivity index (χ2v) is 10.6. The summed E-state index contributed by atoms with van der Waals surface area (Å²) in [6, 6.07) is 25.1. The fraction of sp³-hybridized carbons (Fsp3) is 0.267. The van der Waals surface area contributed by atoms with Gasteiger partial charge in [-0.05, 0) is 63.5 Å². The SMILES string of the molecule is COc1ccc(C(OCC2O[C@@H](n3cc(I)c(=O)[nH]c3=O)C[C@H]2O)(c2ccccc2)c2ccc(OC)cc2)cc1. The molecule has 1 saturated heterocycles. The van der Waals surface area contributed by atoms with Crippen LogP contribution in [0.15, 0.2) is 94.6 Å². The van der Waals surface area contributed by atoms with Crippen LogP contribution in [0.25, 0.3) is 0 Å². The van der Waals surface area contributed by atoms with Crippen LogP contribution in [0, 0.1) is 3.57 Å². The van der Waals surface area contributed by atoms with Gasteiger partial charge in [-0.2, -0.15) is 0 Å². The van der Waals surface area contributed by atoms with Crippen LogP contribution in [-0.4, -0.2) is 47.7 Å². The van der Waals surface area contributed by atoms with Crippen LogP contribution in [0.4, 0.5) is 0 Å². The average Bonchev–Trinajstić information content (AvgIpc) is 3.36. The number of hydrogen-bond acceptors (Lipinski definition) is 7. The molecule has 4 aromatic rings. The van der Waals surface area contributed by atoms with E-state index in [4.69, 9.17) is 18.9 Å². The molecule has 0 bridgehead atoms. The van der Waals surface area contributed by atoms with Crippen molar-refractivity contribution >= 4 is 22.6 Å². The number of H-pyrrole nitrogens is 1. The highest BCUT2D eigenvalue weighted by Crippen LogP contribution is 2.42. The molecule has 2 heterocycles. The highest BCUT2D eigenvalue weighted by atomic mass is 127. The number of aliphatic hydroxyl groups excluding tert-OH is 1. The molecule has 0 spiro atoms. The Morgan fingerprint density at radius 1 is 0.925 bits per heavy atom. The third-order valence-corrected chi connectivity index (χ3v) is 7.84. The van der Waals surface area contributed by atoms with E-state index in [9.17, 15) is 14.7 Å². The summed E-state index contributed by atoms with van der Waals surface area (Å²) in [4.78, 5) is 26.6. The maximum absolute atomic E-state index is 12.5. The molecule has 0 radical (unpaired) electrons. The molecule has 0 saturated carbocycles. The zero-order valence-electron chi connectivity index (χ0n) is 22.0. The Balaban J connectivity index is 1.54. The Hall–Kier alpha value is -3.45. The van der Waals surface area contributed by atoms with Gasteiger partial charge in [0.1, 0.15) is 29.4 Å². The molecule has 2 N–H and O–H groups in total. The van der Waals surface area contributed by atoms with Gasteiger partial charge in [0.05, 0.1) is 30.5 Å². The monoisotopic (exact) mass is 656 g/mol. The largest absolute Gasteiger partial charge is 0.497 e. The standard InChI is InChI=1S/C30H29IN2O7/c1-37-22-12-8-20(9-13-22)30(19-6-4-3-5-7-19,21-10-14-23(38-2)15-11-21)39-18-26-25(34)16-27(40-26)33-17-24(31)28(35)32-29(33)36/h3-15,17,25-27,34H,16,18H2,1-2H3,(H,32,35,36)/t25-,26?,27-/m1/s1. The first kappa shape index (κ1) is 28.1. The highest BCUT2D eigenvalue weighted by Gasteiger charge is 2.42. The van der Waals surface area contributed by atoms with E-state index >= 15 is 0 Å². The molecule has 0 aliphatic carbocycles.